The SMILES string of the molecule is C=CC(=O)OC(=O)OP(=O)(O)O. The van der Waals surface area contributed by atoms with Crippen molar-refractivity contribution in [2.45, 2.75) is 0 Å². The molecule has 0 rings (SSSR count). The Morgan fingerprint density at radius 1 is 1.42 bits per heavy atom. The zero-order valence-corrected chi connectivity index (χ0v) is 6.56. The standard InChI is InChI=1S/C4H5O7P/c1-2-3(5)10-4(6)11-12(7,8)9/h2H,1H2,(H2,7,8,9). The van der Waals surface area contributed by atoms with Crippen LogP contribution < -0.4 is 0 Å². The van der Waals surface area contributed by atoms with E-state index in [1.54, 1.807) is 0 Å². The number of phosphoric acid groups is 1. The molecule has 2 N–H and O–H groups in total. The fourth-order valence-corrected chi connectivity index (χ4v) is 0.471. The number of phosphoric ester groups is 1. The Hall–Kier alpha value is -1.17. The van der Waals surface area contributed by atoms with Gasteiger partial charge in [0.2, 0.25) is 0 Å². The van der Waals surface area contributed by atoms with Crippen molar-refractivity contribution in [1.82, 2.24) is 0 Å². The van der Waals surface area contributed by atoms with E-state index in [1.807, 2.05) is 0 Å². The zero-order valence-electron chi connectivity index (χ0n) is 5.67. The summed E-state index contributed by atoms with van der Waals surface area (Å²) in [5.41, 5.74) is 0. The van der Waals surface area contributed by atoms with E-state index < -0.39 is 19.9 Å². The first-order chi connectivity index (χ1) is 5.35. The Morgan fingerprint density at radius 2 is 1.92 bits per heavy atom. The normalized spacial score (nSPS) is 10.2. The molecule has 0 unspecified atom stereocenters. The number of rotatable bonds is 2. The Labute approximate surface area is 66.8 Å². The van der Waals surface area contributed by atoms with Gasteiger partial charge in [0.25, 0.3) is 0 Å². The van der Waals surface area contributed by atoms with Crippen LogP contribution in [-0.4, -0.2) is 21.9 Å². The van der Waals surface area contributed by atoms with Crippen molar-refractivity contribution in [2.75, 3.05) is 0 Å². The van der Waals surface area contributed by atoms with Gasteiger partial charge in [0.05, 0.1) is 0 Å². The monoisotopic (exact) mass is 196 g/mol. The second kappa shape index (κ2) is 4.01. The van der Waals surface area contributed by atoms with Crippen molar-refractivity contribution in [3.8, 4) is 0 Å². The van der Waals surface area contributed by atoms with Crippen LogP contribution in [0.25, 0.3) is 0 Å². The summed E-state index contributed by atoms with van der Waals surface area (Å²) in [4.78, 5) is 36.5. The van der Waals surface area contributed by atoms with Gasteiger partial charge in [-0.25, -0.2) is 14.2 Å². The van der Waals surface area contributed by atoms with Crippen LogP contribution in [0.1, 0.15) is 0 Å². The highest BCUT2D eigenvalue weighted by Crippen LogP contribution is 2.36. The molecule has 0 aromatic carbocycles. The molecule has 0 bridgehead atoms. The summed E-state index contributed by atoms with van der Waals surface area (Å²) >= 11 is 0. The third kappa shape index (κ3) is 5.60. The van der Waals surface area contributed by atoms with Crippen LogP contribution in [0.5, 0.6) is 0 Å². The molecule has 0 atom stereocenters. The Bertz CT molecular complexity index is 250. The second-order valence-corrected chi connectivity index (χ2v) is 2.62. The van der Waals surface area contributed by atoms with Crippen LogP contribution in [0.15, 0.2) is 12.7 Å². The first kappa shape index (κ1) is 10.8. The van der Waals surface area contributed by atoms with Crippen molar-refractivity contribution in [2.24, 2.45) is 0 Å². The van der Waals surface area contributed by atoms with Gasteiger partial charge < -0.3 is 9.26 Å². The van der Waals surface area contributed by atoms with Gasteiger partial charge in [-0.05, 0) is 0 Å². The molecule has 0 fully saturated rings. The number of carbonyl (C=O) groups is 2. The van der Waals surface area contributed by atoms with Crippen LogP contribution >= 0.6 is 7.82 Å². The van der Waals surface area contributed by atoms with Crippen molar-refractivity contribution in [1.29, 1.82) is 0 Å². The average Bonchev–Trinajstić information content (AvgIpc) is 1.82. The lowest BCUT2D eigenvalue weighted by Crippen LogP contribution is -2.10. The minimum atomic E-state index is -4.95. The van der Waals surface area contributed by atoms with Gasteiger partial charge >= 0.3 is 19.9 Å². The second-order valence-electron chi connectivity index (χ2n) is 1.46. The number of hydrogen-bond acceptors (Lipinski definition) is 5. The van der Waals surface area contributed by atoms with Crippen LogP contribution in [-0.2, 0) is 18.6 Å². The summed E-state index contributed by atoms with van der Waals surface area (Å²) in [6, 6.07) is 0. The molecule has 0 radical (unpaired) electrons. The van der Waals surface area contributed by atoms with E-state index in [0.717, 1.165) is 0 Å². The van der Waals surface area contributed by atoms with Gasteiger partial charge in [-0.3, -0.25) is 9.79 Å². The van der Waals surface area contributed by atoms with Gasteiger partial charge in [-0.1, -0.05) is 6.58 Å². The quantitative estimate of drug-likeness (QED) is 0.275. The van der Waals surface area contributed by atoms with Crippen molar-refractivity contribution >= 4 is 19.9 Å². The van der Waals surface area contributed by atoms with E-state index in [4.69, 9.17) is 9.79 Å². The van der Waals surface area contributed by atoms with E-state index in [-0.39, 0.29) is 0 Å². The van der Waals surface area contributed by atoms with Crippen molar-refractivity contribution in [3.05, 3.63) is 12.7 Å². The van der Waals surface area contributed by atoms with E-state index >= 15 is 0 Å². The predicted molar refractivity (Wildman–Crippen MR) is 34.8 cm³/mol. The number of hydrogen-bond donors (Lipinski definition) is 2. The summed E-state index contributed by atoms with van der Waals surface area (Å²) in [6.07, 6.45) is -1.13. The molecule has 0 aromatic heterocycles. The molecule has 7 nitrogen and oxygen atoms in total. The molecule has 0 spiro atoms. The Kier molecular flexibility index (Phi) is 3.62. The molecule has 0 aliphatic rings. The summed E-state index contributed by atoms with van der Waals surface area (Å²) < 4.78 is 17.0. The maximum Gasteiger partial charge on any atom is 0.529 e. The molecule has 0 aliphatic carbocycles. The molecule has 12 heavy (non-hydrogen) atoms. The molecule has 0 aromatic rings. The molecule has 0 aliphatic heterocycles. The fourth-order valence-electron chi connectivity index (χ4n) is 0.240. The lowest BCUT2D eigenvalue weighted by Gasteiger charge is -2.02. The highest BCUT2D eigenvalue weighted by molar-refractivity contribution is 7.46. The van der Waals surface area contributed by atoms with Crippen LogP contribution in [0.2, 0.25) is 0 Å². The van der Waals surface area contributed by atoms with E-state index in [1.165, 1.54) is 0 Å². The first-order valence-corrected chi connectivity index (χ1v) is 4.01. The minimum absolute atomic E-state index is 0.640. The Morgan fingerprint density at radius 3 is 2.25 bits per heavy atom. The van der Waals surface area contributed by atoms with Crippen molar-refractivity contribution < 1.29 is 33.2 Å². The largest absolute Gasteiger partial charge is 0.529 e. The van der Waals surface area contributed by atoms with Gasteiger partial charge in [0, 0.05) is 6.08 Å². The lowest BCUT2D eigenvalue weighted by molar-refractivity contribution is -0.133. The number of ether oxygens (including phenoxy) is 1. The predicted octanol–water partition coefficient (Wildman–Crippen LogP) is -0.0551. The highest BCUT2D eigenvalue weighted by atomic mass is 31.2. The summed E-state index contributed by atoms with van der Waals surface area (Å²) in [7, 11) is -4.95. The van der Waals surface area contributed by atoms with E-state index in [2.05, 4.69) is 15.8 Å². The summed E-state index contributed by atoms with van der Waals surface area (Å²) in [5, 5.41) is 0. The maximum absolute atomic E-state index is 10.2. The van der Waals surface area contributed by atoms with E-state index in [9.17, 15) is 14.2 Å². The van der Waals surface area contributed by atoms with Crippen LogP contribution in [0.3, 0.4) is 0 Å². The topological polar surface area (TPSA) is 110 Å². The fraction of sp³-hybridized carbons (Fsp3) is 0. The summed E-state index contributed by atoms with van der Waals surface area (Å²) in [6.45, 7) is 2.93. The molecule has 0 saturated carbocycles. The third-order valence-electron chi connectivity index (χ3n) is 0.544. The third-order valence-corrected chi connectivity index (χ3v) is 0.931. The molecule has 68 valence electrons. The molecule has 0 amide bonds. The highest BCUT2D eigenvalue weighted by Gasteiger charge is 2.22. The van der Waals surface area contributed by atoms with Gasteiger partial charge in [-0.2, -0.15) is 0 Å². The maximum atomic E-state index is 10.2. The van der Waals surface area contributed by atoms with Gasteiger partial charge in [0.15, 0.2) is 0 Å². The molecule has 0 heterocycles. The number of carbonyl (C=O) groups excluding carboxylic acids is 2. The van der Waals surface area contributed by atoms with Crippen LogP contribution in [0, 0.1) is 0 Å². The molecular formula is C4H5O7P. The van der Waals surface area contributed by atoms with Crippen LogP contribution in [0.4, 0.5) is 4.79 Å². The molecule has 8 heteroatoms. The van der Waals surface area contributed by atoms with Gasteiger partial charge in [-0.15, -0.1) is 0 Å². The first-order valence-electron chi connectivity index (χ1n) is 2.48. The average molecular weight is 196 g/mol. The Balaban J connectivity index is 4.00. The smallest absolute Gasteiger partial charge is 0.357 e. The van der Waals surface area contributed by atoms with Gasteiger partial charge in [0.1, 0.15) is 0 Å². The molecular weight excluding hydrogens is 191 g/mol. The molecule has 0 saturated heterocycles. The lowest BCUT2D eigenvalue weighted by atomic mass is 10.7. The summed E-state index contributed by atoms with van der Waals surface area (Å²) in [5.74, 6) is -1.16. The minimum Gasteiger partial charge on any atom is -0.357 e. The number of esters is 1. The zero-order chi connectivity index (χ0) is 9.78. The van der Waals surface area contributed by atoms with Crippen molar-refractivity contribution in [3.63, 3.8) is 0 Å². The van der Waals surface area contributed by atoms with E-state index in [0.29, 0.717) is 6.08 Å².